The van der Waals surface area contributed by atoms with Gasteiger partial charge in [0.1, 0.15) is 5.75 Å². The maximum Gasteiger partial charge on any atom is 0.260 e. The molecule has 0 aliphatic carbocycles. The number of amides is 1. The first-order valence-corrected chi connectivity index (χ1v) is 8.28. The van der Waals surface area contributed by atoms with E-state index in [0.717, 1.165) is 12.1 Å². The minimum Gasteiger partial charge on any atom is -0.482 e. The molecule has 0 radical (unpaired) electrons. The lowest BCUT2D eigenvalue weighted by molar-refractivity contribution is -0.134. The third kappa shape index (κ3) is 5.87. The molecule has 0 bridgehead atoms. The van der Waals surface area contributed by atoms with E-state index in [1.807, 2.05) is 61.5 Å². The summed E-state index contributed by atoms with van der Waals surface area (Å²) in [6.07, 6.45) is 0. The molecule has 2 aromatic rings. The second-order valence-electron chi connectivity index (χ2n) is 5.82. The predicted octanol–water partition coefficient (Wildman–Crippen LogP) is 3.31. The highest BCUT2D eigenvalue weighted by Gasteiger charge is 2.15. The molecule has 0 saturated carbocycles. The number of carbonyl (C=O) groups excluding carboxylic acids is 1. The van der Waals surface area contributed by atoms with Crippen molar-refractivity contribution in [3.05, 3.63) is 65.2 Å². The standard InChI is InChI=1S/C19H23ClN2O2/c1-21(2)12-13-22(14-16-8-4-3-5-9-16)19(23)15-24-18-11-7-6-10-17(18)20/h3-11H,12-15H2,1-2H3. The van der Waals surface area contributed by atoms with Crippen molar-refractivity contribution < 1.29 is 9.53 Å². The van der Waals surface area contributed by atoms with Gasteiger partial charge in [-0.2, -0.15) is 0 Å². The molecule has 2 rings (SSSR count). The van der Waals surface area contributed by atoms with E-state index in [0.29, 0.717) is 23.9 Å². The van der Waals surface area contributed by atoms with Gasteiger partial charge in [-0.05, 0) is 31.8 Å². The number of hydrogen-bond donors (Lipinski definition) is 0. The molecule has 24 heavy (non-hydrogen) atoms. The van der Waals surface area contributed by atoms with Gasteiger partial charge in [0.2, 0.25) is 0 Å². The van der Waals surface area contributed by atoms with Crippen molar-refractivity contribution in [2.75, 3.05) is 33.8 Å². The Morgan fingerprint density at radius 1 is 1.00 bits per heavy atom. The largest absolute Gasteiger partial charge is 0.482 e. The smallest absolute Gasteiger partial charge is 0.260 e. The third-order valence-corrected chi connectivity index (χ3v) is 3.89. The molecule has 2 aromatic carbocycles. The molecule has 0 aliphatic rings. The molecule has 0 spiro atoms. The Bertz CT molecular complexity index is 647. The predicted molar refractivity (Wildman–Crippen MR) is 97.4 cm³/mol. The van der Waals surface area contributed by atoms with Gasteiger partial charge in [0.05, 0.1) is 5.02 Å². The van der Waals surface area contributed by atoms with Gasteiger partial charge in [0.25, 0.3) is 5.91 Å². The molecular formula is C19H23ClN2O2. The molecule has 1 amide bonds. The van der Waals surface area contributed by atoms with E-state index in [9.17, 15) is 4.79 Å². The van der Waals surface area contributed by atoms with Gasteiger partial charge in [-0.15, -0.1) is 0 Å². The minimum absolute atomic E-state index is 0.0238. The van der Waals surface area contributed by atoms with Crippen molar-refractivity contribution in [2.45, 2.75) is 6.54 Å². The highest BCUT2D eigenvalue weighted by molar-refractivity contribution is 6.32. The fourth-order valence-corrected chi connectivity index (χ4v) is 2.40. The van der Waals surface area contributed by atoms with Crippen LogP contribution in [0.15, 0.2) is 54.6 Å². The Morgan fingerprint density at radius 3 is 2.33 bits per heavy atom. The quantitative estimate of drug-likeness (QED) is 0.735. The molecule has 0 atom stereocenters. The number of nitrogens with zero attached hydrogens (tertiary/aromatic N) is 2. The van der Waals surface area contributed by atoms with Gasteiger partial charge in [-0.1, -0.05) is 54.1 Å². The molecule has 0 heterocycles. The Kier molecular flexibility index (Phi) is 7.09. The van der Waals surface area contributed by atoms with Crippen molar-refractivity contribution >= 4 is 17.5 Å². The van der Waals surface area contributed by atoms with Crippen LogP contribution in [0.5, 0.6) is 5.75 Å². The normalized spacial score (nSPS) is 10.7. The number of para-hydroxylation sites is 1. The van der Waals surface area contributed by atoms with Crippen LogP contribution < -0.4 is 4.74 Å². The minimum atomic E-state index is -0.0550. The van der Waals surface area contributed by atoms with Crippen LogP contribution in [0.25, 0.3) is 0 Å². The summed E-state index contributed by atoms with van der Waals surface area (Å²) in [5, 5.41) is 0.508. The first-order chi connectivity index (χ1) is 11.6. The zero-order chi connectivity index (χ0) is 17.4. The van der Waals surface area contributed by atoms with E-state index in [1.54, 1.807) is 12.1 Å². The number of ether oxygens (including phenoxy) is 1. The third-order valence-electron chi connectivity index (χ3n) is 3.57. The summed E-state index contributed by atoms with van der Waals surface area (Å²) in [6.45, 7) is 1.99. The molecule has 5 heteroatoms. The van der Waals surface area contributed by atoms with Crippen LogP contribution in [0.1, 0.15) is 5.56 Å². The van der Waals surface area contributed by atoms with Crippen molar-refractivity contribution in [1.29, 1.82) is 0 Å². The van der Waals surface area contributed by atoms with Gasteiger partial charge >= 0.3 is 0 Å². The summed E-state index contributed by atoms with van der Waals surface area (Å²) < 4.78 is 5.59. The van der Waals surface area contributed by atoms with E-state index in [1.165, 1.54) is 0 Å². The SMILES string of the molecule is CN(C)CCN(Cc1ccccc1)C(=O)COc1ccccc1Cl. The molecule has 0 saturated heterocycles. The number of likely N-dealkylation sites (N-methyl/N-ethyl adjacent to an activating group) is 1. The topological polar surface area (TPSA) is 32.8 Å². The van der Waals surface area contributed by atoms with Gasteiger partial charge < -0.3 is 14.5 Å². The Balaban J connectivity index is 1.99. The van der Waals surface area contributed by atoms with E-state index in [2.05, 4.69) is 4.90 Å². The first kappa shape index (κ1) is 18.3. The van der Waals surface area contributed by atoms with Crippen LogP contribution in [0.2, 0.25) is 5.02 Å². The summed E-state index contributed by atoms with van der Waals surface area (Å²) in [7, 11) is 3.98. The Labute approximate surface area is 148 Å². The van der Waals surface area contributed by atoms with Crippen LogP contribution >= 0.6 is 11.6 Å². The number of carbonyl (C=O) groups is 1. The molecule has 4 nitrogen and oxygen atoms in total. The maximum atomic E-state index is 12.6. The summed E-state index contributed by atoms with van der Waals surface area (Å²) in [5.41, 5.74) is 1.10. The number of halogens is 1. The average molecular weight is 347 g/mol. The summed E-state index contributed by atoms with van der Waals surface area (Å²) >= 11 is 6.06. The van der Waals surface area contributed by atoms with Crippen molar-refractivity contribution in [1.82, 2.24) is 9.80 Å². The number of benzene rings is 2. The zero-order valence-corrected chi connectivity index (χ0v) is 14.9. The van der Waals surface area contributed by atoms with E-state index in [4.69, 9.17) is 16.3 Å². The van der Waals surface area contributed by atoms with Crippen LogP contribution in [0.3, 0.4) is 0 Å². The van der Waals surface area contributed by atoms with Crippen molar-refractivity contribution in [2.24, 2.45) is 0 Å². The zero-order valence-electron chi connectivity index (χ0n) is 14.1. The second-order valence-corrected chi connectivity index (χ2v) is 6.23. The summed E-state index contributed by atoms with van der Waals surface area (Å²) in [5.74, 6) is 0.473. The van der Waals surface area contributed by atoms with Gasteiger partial charge in [0.15, 0.2) is 6.61 Å². The molecule has 0 aliphatic heterocycles. The van der Waals surface area contributed by atoms with Crippen LogP contribution in [-0.2, 0) is 11.3 Å². The molecule has 0 fully saturated rings. The fourth-order valence-electron chi connectivity index (χ4n) is 2.21. The van der Waals surface area contributed by atoms with Gasteiger partial charge in [-0.3, -0.25) is 4.79 Å². The lowest BCUT2D eigenvalue weighted by atomic mass is 10.2. The van der Waals surface area contributed by atoms with Gasteiger partial charge in [-0.25, -0.2) is 0 Å². The second kappa shape index (κ2) is 9.30. The molecular weight excluding hydrogens is 324 g/mol. The lowest BCUT2D eigenvalue weighted by Gasteiger charge is -2.24. The van der Waals surface area contributed by atoms with Crippen LogP contribution in [0.4, 0.5) is 0 Å². The average Bonchev–Trinajstić information content (AvgIpc) is 2.58. The first-order valence-electron chi connectivity index (χ1n) is 7.90. The van der Waals surface area contributed by atoms with E-state index >= 15 is 0 Å². The number of hydrogen-bond acceptors (Lipinski definition) is 3. The maximum absolute atomic E-state index is 12.6. The van der Waals surface area contributed by atoms with Crippen LogP contribution in [0, 0.1) is 0 Å². The highest BCUT2D eigenvalue weighted by Crippen LogP contribution is 2.23. The summed E-state index contributed by atoms with van der Waals surface area (Å²) in [4.78, 5) is 16.5. The molecule has 0 N–H and O–H groups in total. The monoisotopic (exact) mass is 346 g/mol. The molecule has 128 valence electrons. The molecule has 0 aromatic heterocycles. The summed E-state index contributed by atoms with van der Waals surface area (Å²) in [6, 6.07) is 17.1. The lowest BCUT2D eigenvalue weighted by Crippen LogP contribution is -2.39. The molecule has 0 unspecified atom stereocenters. The Morgan fingerprint density at radius 2 is 1.67 bits per heavy atom. The highest BCUT2D eigenvalue weighted by atomic mass is 35.5. The van der Waals surface area contributed by atoms with Crippen molar-refractivity contribution in [3.8, 4) is 5.75 Å². The van der Waals surface area contributed by atoms with Crippen molar-refractivity contribution in [3.63, 3.8) is 0 Å². The number of rotatable bonds is 8. The van der Waals surface area contributed by atoms with E-state index in [-0.39, 0.29) is 12.5 Å². The van der Waals surface area contributed by atoms with Crippen LogP contribution in [-0.4, -0.2) is 49.5 Å². The fraction of sp³-hybridized carbons (Fsp3) is 0.316. The Hall–Kier alpha value is -2.04. The van der Waals surface area contributed by atoms with Gasteiger partial charge in [0, 0.05) is 19.6 Å². The van der Waals surface area contributed by atoms with E-state index < -0.39 is 0 Å².